The van der Waals surface area contributed by atoms with E-state index in [-0.39, 0.29) is 10.8 Å². The highest BCUT2D eigenvalue weighted by atomic mass is 32.2. The van der Waals surface area contributed by atoms with Gasteiger partial charge in [-0.25, -0.2) is 8.42 Å². The monoisotopic (exact) mass is 402 g/mol. The van der Waals surface area contributed by atoms with Crippen molar-refractivity contribution in [1.29, 1.82) is 0 Å². The first-order chi connectivity index (χ1) is 13.5. The summed E-state index contributed by atoms with van der Waals surface area (Å²) in [5.74, 6) is -0.303. The van der Waals surface area contributed by atoms with E-state index in [9.17, 15) is 13.2 Å². The van der Waals surface area contributed by atoms with Gasteiger partial charge in [-0.3, -0.25) is 4.79 Å². The summed E-state index contributed by atoms with van der Waals surface area (Å²) in [6, 6.07) is 14.0. The predicted molar refractivity (Wildman–Crippen MR) is 107 cm³/mol. The van der Waals surface area contributed by atoms with Crippen molar-refractivity contribution in [3.8, 4) is 0 Å². The largest absolute Gasteiger partial charge is 0.380 e. The fraction of sp³-hybridized carbons (Fsp3) is 0.381. The van der Waals surface area contributed by atoms with E-state index in [1.165, 1.54) is 10.4 Å². The summed E-state index contributed by atoms with van der Waals surface area (Å²) in [4.78, 5) is 12.8. The molecule has 3 rings (SSSR count). The molecule has 0 saturated carbocycles. The molecule has 1 saturated heterocycles. The van der Waals surface area contributed by atoms with Gasteiger partial charge in [-0.1, -0.05) is 36.8 Å². The van der Waals surface area contributed by atoms with Crippen molar-refractivity contribution in [1.82, 2.24) is 9.62 Å². The Hall–Kier alpha value is -2.22. The predicted octanol–water partition coefficient (Wildman–Crippen LogP) is 2.94. The zero-order valence-corrected chi connectivity index (χ0v) is 16.9. The van der Waals surface area contributed by atoms with Crippen LogP contribution in [-0.2, 0) is 27.9 Å². The topological polar surface area (TPSA) is 75.7 Å². The number of nitrogens with one attached hydrogen (secondary N) is 1. The van der Waals surface area contributed by atoms with Gasteiger partial charge in [0.25, 0.3) is 5.91 Å². The summed E-state index contributed by atoms with van der Waals surface area (Å²) in [6.45, 7) is 1.89. The first kappa shape index (κ1) is 20.5. The maximum atomic E-state index is 12.8. The summed E-state index contributed by atoms with van der Waals surface area (Å²) in [5, 5.41) is 2.87. The molecule has 6 nitrogen and oxygen atoms in total. The number of methoxy groups -OCH3 is 1. The second-order valence-electron chi connectivity index (χ2n) is 6.88. The normalized spacial score (nSPS) is 15.3. The maximum Gasteiger partial charge on any atom is 0.251 e. The number of piperidine rings is 1. The van der Waals surface area contributed by atoms with Gasteiger partial charge < -0.3 is 10.1 Å². The van der Waals surface area contributed by atoms with Crippen LogP contribution in [0.5, 0.6) is 0 Å². The maximum absolute atomic E-state index is 12.8. The van der Waals surface area contributed by atoms with Gasteiger partial charge >= 0.3 is 0 Å². The Morgan fingerprint density at radius 1 is 1.04 bits per heavy atom. The Labute approximate surface area is 166 Å². The van der Waals surface area contributed by atoms with Crippen molar-refractivity contribution in [2.75, 3.05) is 20.2 Å². The third kappa shape index (κ3) is 4.79. The van der Waals surface area contributed by atoms with E-state index in [1.807, 2.05) is 24.3 Å². The number of amides is 1. The van der Waals surface area contributed by atoms with Crippen LogP contribution in [0.25, 0.3) is 0 Å². The molecule has 0 atom stereocenters. The molecule has 7 heteroatoms. The number of nitrogens with zero attached hydrogens (tertiary/aromatic N) is 1. The Morgan fingerprint density at radius 2 is 1.75 bits per heavy atom. The first-order valence-corrected chi connectivity index (χ1v) is 10.9. The molecule has 0 spiro atoms. The Bertz CT molecular complexity index is 922. The number of carbonyl (C=O) groups is 1. The van der Waals surface area contributed by atoms with Crippen LogP contribution in [0.1, 0.15) is 40.7 Å². The van der Waals surface area contributed by atoms with Crippen LogP contribution in [0.15, 0.2) is 53.4 Å². The minimum Gasteiger partial charge on any atom is -0.380 e. The smallest absolute Gasteiger partial charge is 0.251 e. The third-order valence-corrected chi connectivity index (χ3v) is 6.80. The second-order valence-corrected chi connectivity index (χ2v) is 8.81. The van der Waals surface area contributed by atoms with E-state index in [0.717, 1.165) is 30.4 Å². The van der Waals surface area contributed by atoms with Gasteiger partial charge in [-0.2, -0.15) is 4.31 Å². The summed E-state index contributed by atoms with van der Waals surface area (Å²) in [7, 11) is -1.93. The van der Waals surface area contributed by atoms with Crippen LogP contribution in [0.4, 0.5) is 0 Å². The number of hydrogen-bond acceptors (Lipinski definition) is 4. The van der Waals surface area contributed by atoms with Crippen LogP contribution in [0.3, 0.4) is 0 Å². The average molecular weight is 403 g/mol. The summed E-state index contributed by atoms with van der Waals surface area (Å²) in [5.41, 5.74) is 2.31. The molecular weight excluding hydrogens is 376 g/mol. The Kier molecular flexibility index (Phi) is 6.83. The quantitative estimate of drug-likeness (QED) is 0.773. The van der Waals surface area contributed by atoms with E-state index in [0.29, 0.717) is 31.8 Å². The molecule has 2 aromatic carbocycles. The summed E-state index contributed by atoms with van der Waals surface area (Å²) in [6.07, 6.45) is 2.81. The van der Waals surface area contributed by atoms with Crippen LogP contribution >= 0.6 is 0 Å². The van der Waals surface area contributed by atoms with Crippen LogP contribution < -0.4 is 5.32 Å². The van der Waals surface area contributed by atoms with Gasteiger partial charge in [0.15, 0.2) is 0 Å². The Morgan fingerprint density at radius 3 is 2.46 bits per heavy atom. The molecule has 1 N–H and O–H groups in total. The zero-order valence-electron chi connectivity index (χ0n) is 16.1. The van der Waals surface area contributed by atoms with Crippen LogP contribution in [0, 0.1) is 0 Å². The molecule has 1 heterocycles. The molecule has 0 unspecified atom stereocenters. The lowest BCUT2D eigenvalue weighted by atomic mass is 10.1. The van der Waals surface area contributed by atoms with Crippen molar-refractivity contribution in [3.05, 3.63) is 65.2 Å². The minimum absolute atomic E-state index is 0.168. The van der Waals surface area contributed by atoms with Crippen molar-refractivity contribution in [2.24, 2.45) is 0 Å². The molecule has 1 amide bonds. The average Bonchev–Trinajstić information content (AvgIpc) is 2.74. The molecule has 0 bridgehead atoms. The van der Waals surface area contributed by atoms with Crippen molar-refractivity contribution in [2.45, 2.75) is 37.3 Å². The van der Waals surface area contributed by atoms with E-state index in [2.05, 4.69) is 5.32 Å². The number of sulfonamides is 1. The molecule has 0 radical (unpaired) electrons. The second kappa shape index (κ2) is 9.32. The lowest BCUT2D eigenvalue weighted by molar-refractivity contribution is 0.0950. The fourth-order valence-corrected chi connectivity index (χ4v) is 4.92. The molecule has 0 aliphatic carbocycles. The van der Waals surface area contributed by atoms with Crippen molar-refractivity contribution in [3.63, 3.8) is 0 Å². The van der Waals surface area contributed by atoms with Gasteiger partial charge in [0, 0.05) is 32.3 Å². The van der Waals surface area contributed by atoms with Gasteiger partial charge in [0.1, 0.15) is 0 Å². The molecule has 1 fully saturated rings. The summed E-state index contributed by atoms with van der Waals surface area (Å²) >= 11 is 0. The number of ether oxygens (including phenoxy) is 1. The lowest BCUT2D eigenvalue weighted by Crippen LogP contribution is -2.35. The third-order valence-electron chi connectivity index (χ3n) is 4.91. The number of carbonyl (C=O) groups excluding carboxylic acids is 1. The number of rotatable bonds is 7. The van der Waals surface area contributed by atoms with Crippen molar-refractivity contribution < 1.29 is 17.9 Å². The van der Waals surface area contributed by atoms with Crippen molar-refractivity contribution >= 4 is 15.9 Å². The highest BCUT2D eigenvalue weighted by Gasteiger charge is 2.26. The fourth-order valence-electron chi connectivity index (χ4n) is 3.36. The van der Waals surface area contributed by atoms with Gasteiger partial charge in [0.2, 0.25) is 10.0 Å². The van der Waals surface area contributed by atoms with E-state index in [4.69, 9.17) is 4.74 Å². The standard InChI is InChI=1S/C21H26N2O4S/c1-27-16-19-9-4-3-8-18(19)15-22-21(24)17-10-7-11-20(14-17)28(25,26)23-12-5-2-6-13-23/h3-4,7-11,14H,2,5-6,12-13,15-16H2,1H3,(H,22,24). The van der Waals surface area contributed by atoms with Gasteiger partial charge in [0.05, 0.1) is 11.5 Å². The highest BCUT2D eigenvalue weighted by Crippen LogP contribution is 2.21. The minimum atomic E-state index is -3.56. The number of benzene rings is 2. The van der Waals surface area contributed by atoms with E-state index < -0.39 is 10.0 Å². The van der Waals surface area contributed by atoms with Gasteiger partial charge in [-0.15, -0.1) is 0 Å². The Balaban J connectivity index is 1.72. The zero-order chi connectivity index (χ0) is 20.0. The van der Waals surface area contributed by atoms with E-state index in [1.54, 1.807) is 25.3 Å². The molecule has 150 valence electrons. The number of hydrogen-bond donors (Lipinski definition) is 1. The first-order valence-electron chi connectivity index (χ1n) is 9.46. The molecular formula is C21H26N2O4S. The lowest BCUT2D eigenvalue weighted by Gasteiger charge is -2.26. The van der Waals surface area contributed by atoms with Crippen LogP contribution in [0.2, 0.25) is 0 Å². The van der Waals surface area contributed by atoms with Gasteiger partial charge in [-0.05, 0) is 42.2 Å². The molecule has 2 aromatic rings. The van der Waals surface area contributed by atoms with Crippen LogP contribution in [-0.4, -0.2) is 38.8 Å². The van der Waals surface area contributed by atoms with E-state index >= 15 is 0 Å². The molecule has 1 aliphatic rings. The molecule has 28 heavy (non-hydrogen) atoms. The highest BCUT2D eigenvalue weighted by molar-refractivity contribution is 7.89. The molecule has 1 aliphatic heterocycles. The molecule has 0 aromatic heterocycles. The SMILES string of the molecule is COCc1ccccc1CNC(=O)c1cccc(S(=O)(=O)N2CCCCC2)c1. The summed E-state index contributed by atoms with van der Waals surface area (Å²) < 4.78 is 32.4.